The number of ether oxygens (including phenoxy) is 1. The van der Waals surface area contributed by atoms with Crippen LogP contribution in [0.15, 0.2) is 0 Å². The first-order chi connectivity index (χ1) is 5.87. The number of carbonyl (C=O) groups excluding carboxylic acids is 1. The second-order valence-electron chi connectivity index (χ2n) is 3.15. The van der Waals surface area contributed by atoms with Gasteiger partial charge in [0, 0.05) is 0 Å². The summed E-state index contributed by atoms with van der Waals surface area (Å²) in [6.45, 7) is 8.94. The molecule has 0 aliphatic rings. The van der Waals surface area contributed by atoms with E-state index in [-0.39, 0.29) is 0 Å². The maximum atomic E-state index is 10.4. The van der Waals surface area contributed by atoms with E-state index in [9.17, 15) is 4.79 Å². The number of hydrazine groups is 1. The van der Waals surface area contributed by atoms with E-state index in [2.05, 4.69) is 11.8 Å². The van der Waals surface area contributed by atoms with Gasteiger partial charge in [-0.2, -0.15) is 0 Å². The molecule has 0 radical (unpaired) electrons. The van der Waals surface area contributed by atoms with E-state index < -0.39 is 11.7 Å². The smallest absolute Gasteiger partial charge is 0.421 e. The van der Waals surface area contributed by atoms with Crippen LogP contribution in [0.3, 0.4) is 0 Å². The van der Waals surface area contributed by atoms with Gasteiger partial charge in [-0.15, -0.1) is 11.8 Å². The third-order valence-electron chi connectivity index (χ3n) is 0.767. The van der Waals surface area contributed by atoms with Crippen molar-refractivity contribution in [3.8, 4) is 11.8 Å². The van der Waals surface area contributed by atoms with Crippen molar-refractivity contribution in [2.75, 3.05) is 0 Å². The van der Waals surface area contributed by atoms with Gasteiger partial charge in [0.05, 0.1) is 0 Å². The van der Waals surface area contributed by atoms with Crippen molar-refractivity contribution in [1.82, 2.24) is 5.43 Å². The molecule has 0 saturated carbocycles. The Hall–Kier alpha value is -1.21. The molecule has 0 heterocycles. The lowest BCUT2D eigenvalue weighted by atomic mass is 10.2. The van der Waals surface area contributed by atoms with Crippen LogP contribution in [-0.2, 0) is 4.74 Å². The molecule has 76 valence electrons. The lowest BCUT2D eigenvalue weighted by Gasteiger charge is -2.18. The van der Waals surface area contributed by atoms with Crippen molar-refractivity contribution >= 4 is 6.09 Å². The van der Waals surface area contributed by atoms with Gasteiger partial charge in [0.15, 0.2) is 0 Å². The number of nitrogens with two attached hydrogens (primary N) is 1. The molecule has 4 heteroatoms. The first kappa shape index (κ1) is 14.3. The molecule has 0 atom stereocenters. The van der Waals surface area contributed by atoms with Crippen molar-refractivity contribution in [2.45, 2.75) is 40.2 Å². The van der Waals surface area contributed by atoms with E-state index in [4.69, 9.17) is 10.6 Å². The highest BCUT2D eigenvalue weighted by molar-refractivity contribution is 5.66. The first-order valence-electron chi connectivity index (χ1n) is 3.90. The van der Waals surface area contributed by atoms with E-state index in [1.807, 2.05) is 19.3 Å². The predicted octanol–water partition coefficient (Wildman–Crippen LogP) is 1.41. The summed E-state index contributed by atoms with van der Waals surface area (Å²) >= 11 is 0. The van der Waals surface area contributed by atoms with Gasteiger partial charge in [-0.05, 0) is 34.6 Å². The molecule has 0 bridgehead atoms. The zero-order chi connectivity index (χ0) is 10.9. The summed E-state index contributed by atoms with van der Waals surface area (Å²) in [6, 6.07) is 0. The summed E-state index contributed by atoms with van der Waals surface area (Å²) < 4.78 is 4.71. The average molecular weight is 186 g/mol. The number of rotatable bonds is 0. The monoisotopic (exact) mass is 186 g/mol. The third-order valence-corrected chi connectivity index (χ3v) is 0.767. The molecule has 3 N–H and O–H groups in total. The van der Waals surface area contributed by atoms with Crippen molar-refractivity contribution < 1.29 is 9.53 Å². The number of carbonyl (C=O) groups is 1. The Morgan fingerprint density at radius 2 is 1.69 bits per heavy atom. The topological polar surface area (TPSA) is 64.3 Å². The minimum atomic E-state index is -0.609. The van der Waals surface area contributed by atoms with Gasteiger partial charge in [-0.1, -0.05) is 0 Å². The lowest BCUT2D eigenvalue weighted by molar-refractivity contribution is 0.0527. The molecule has 1 amide bonds. The molecule has 0 aromatic heterocycles. The summed E-state index contributed by atoms with van der Waals surface area (Å²) in [6.07, 6.45) is -0.609. The van der Waals surface area contributed by atoms with Crippen molar-refractivity contribution in [2.24, 2.45) is 5.84 Å². The third kappa shape index (κ3) is 18.1. The quantitative estimate of drug-likeness (QED) is 0.260. The van der Waals surface area contributed by atoms with E-state index in [0.717, 1.165) is 0 Å². The fourth-order valence-electron chi connectivity index (χ4n) is 0.308. The molecule has 0 aromatic carbocycles. The van der Waals surface area contributed by atoms with Crippen molar-refractivity contribution in [1.29, 1.82) is 0 Å². The van der Waals surface area contributed by atoms with Crippen LogP contribution in [0.5, 0.6) is 0 Å². The molecular weight excluding hydrogens is 168 g/mol. The van der Waals surface area contributed by atoms with Crippen LogP contribution in [0.25, 0.3) is 0 Å². The molecule has 0 aliphatic heterocycles. The van der Waals surface area contributed by atoms with E-state index >= 15 is 0 Å². The van der Waals surface area contributed by atoms with E-state index in [1.54, 1.807) is 20.8 Å². The maximum Gasteiger partial charge on any atom is 0.421 e. The summed E-state index contributed by atoms with van der Waals surface area (Å²) in [5.41, 5.74) is 1.39. The highest BCUT2D eigenvalue weighted by atomic mass is 16.6. The largest absolute Gasteiger partial charge is 0.443 e. The summed E-state index contributed by atoms with van der Waals surface area (Å²) in [7, 11) is 0. The number of nitrogens with one attached hydrogen (secondary N) is 1. The zero-order valence-corrected chi connectivity index (χ0v) is 8.89. The van der Waals surface area contributed by atoms with Crippen LogP contribution < -0.4 is 11.3 Å². The highest BCUT2D eigenvalue weighted by Crippen LogP contribution is 2.05. The molecule has 0 unspecified atom stereocenters. The normalized spacial score (nSPS) is 8.46. The van der Waals surface area contributed by atoms with Crippen molar-refractivity contribution in [3.63, 3.8) is 0 Å². The Morgan fingerprint density at radius 3 is 1.77 bits per heavy atom. The second-order valence-corrected chi connectivity index (χ2v) is 3.15. The van der Waals surface area contributed by atoms with Gasteiger partial charge in [-0.25, -0.2) is 10.6 Å². The molecule has 4 nitrogen and oxygen atoms in total. The van der Waals surface area contributed by atoms with E-state index in [0.29, 0.717) is 0 Å². The Kier molecular flexibility index (Phi) is 8.20. The molecular formula is C9H18N2O2. The molecule has 0 rings (SSSR count). The van der Waals surface area contributed by atoms with Gasteiger partial charge in [0.2, 0.25) is 0 Å². The predicted molar refractivity (Wildman–Crippen MR) is 52.7 cm³/mol. The molecule has 0 aliphatic carbocycles. The maximum absolute atomic E-state index is 10.4. The Bertz CT molecular complexity index is 190. The number of hydrogen-bond donors (Lipinski definition) is 2. The van der Waals surface area contributed by atoms with Gasteiger partial charge in [0.25, 0.3) is 0 Å². The highest BCUT2D eigenvalue weighted by Gasteiger charge is 2.14. The SMILES string of the molecule is CC#CC.CC(C)(C)OC(=O)NN. The van der Waals surface area contributed by atoms with Crippen LogP contribution in [0.1, 0.15) is 34.6 Å². The second kappa shape index (κ2) is 7.44. The number of amides is 1. The molecule has 0 saturated heterocycles. The van der Waals surface area contributed by atoms with Gasteiger partial charge in [-0.3, -0.25) is 5.43 Å². The lowest BCUT2D eigenvalue weighted by Crippen LogP contribution is -2.36. The zero-order valence-electron chi connectivity index (χ0n) is 8.89. The van der Waals surface area contributed by atoms with Gasteiger partial charge in [0.1, 0.15) is 5.60 Å². The first-order valence-corrected chi connectivity index (χ1v) is 3.90. The Morgan fingerprint density at radius 1 is 1.31 bits per heavy atom. The molecule has 0 spiro atoms. The van der Waals surface area contributed by atoms with E-state index in [1.165, 1.54) is 0 Å². The Labute approximate surface area is 79.8 Å². The Balaban J connectivity index is 0. The number of hydrogen-bond acceptors (Lipinski definition) is 3. The standard InChI is InChI=1S/C5H12N2O2.C4H6/c1-5(2,3)9-4(8)7-6;1-3-4-2/h6H2,1-3H3,(H,7,8);1-2H3. The fraction of sp³-hybridized carbons (Fsp3) is 0.667. The average Bonchev–Trinajstić information content (AvgIpc) is 2.02. The van der Waals surface area contributed by atoms with Crippen LogP contribution in [0.4, 0.5) is 4.79 Å². The van der Waals surface area contributed by atoms with Crippen LogP contribution >= 0.6 is 0 Å². The summed E-state index contributed by atoms with van der Waals surface area (Å²) in [5.74, 6) is 10.1. The molecule has 0 fully saturated rings. The molecule has 13 heavy (non-hydrogen) atoms. The fourth-order valence-corrected chi connectivity index (χ4v) is 0.308. The van der Waals surface area contributed by atoms with Crippen molar-refractivity contribution in [3.05, 3.63) is 0 Å². The minimum Gasteiger partial charge on any atom is -0.443 e. The summed E-state index contributed by atoms with van der Waals surface area (Å²) in [4.78, 5) is 10.4. The van der Waals surface area contributed by atoms with Gasteiger partial charge >= 0.3 is 6.09 Å². The van der Waals surface area contributed by atoms with Gasteiger partial charge < -0.3 is 4.74 Å². The molecule has 0 aromatic rings. The van der Waals surface area contributed by atoms with Crippen LogP contribution in [-0.4, -0.2) is 11.7 Å². The summed E-state index contributed by atoms with van der Waals surface area (Å²) in [5, 5.41) is 0. The van der Waals surface area contributed by atoms with Crippen LogP contribution in [0, 0.1) is 11.8 Å². The minimum absolute atomic E-state index is 0.469. The van der Waals surface area contributed by atoms with Crippen LogP contribution in [0.2, 0.25) is 0 Å².